The van der Waals surface area contributed by atoms with Gasteiger partial charge >= 0.3 is 0 Å². The van der Waals surface area contributed by atoms with Gasteiger partial charge in [-0.1, -0.05) is 23.7 Å². The van der Waals surface area contributed by atoms with Gasteiger partial charge in [0.15, 0.2) is 0 Å². The van der Waals surface area contributed by atoms with E-state index < -0.39 is 0 Å². The van der Waals surface area contributed by atoms with Crippen LogP contribution >= 0.6 is 11.6 Å². The topological polar surface area (TPSA) is 90.5 Å². The molecule has 0 unspecified atom stereocenters. The van der Waals surface area contributed by atoms with Gasteiger partial charge in [-0.3, -0.25) is 9.59 Å². The molecule has 2 aromatic carbocycles. The normalized spacial score (nSPS) is 13.9. The third-order valence-corrected chi connectivity index (χ3v) is 6.98. The fourth-order valence-electron chi connectivity index (χ4n) is 4.60. The Hall–Kier alpha value is -4.15. The van der Waals surface area contributed by atoms with E-state index in [0.717, 1.165) is 24.1 Å². The van der Waals surface area contributed by atoms with Crippen LogP contribution in [0.25, 0.3) is 5.65 Å². The van der Waals surface area contributed by atoms with E-state index in [0.29, 0.717) is 47.3 Å². The van der Waals surface area contributed by atoms with E-state index in [1.54, 1.807) is 18.3 Å². The molecular formula is C28H24ClN5O2. The van der Waals surface area contributed by atoms with Gasteiger partial charge in [-0.2, -0.15) is 5.26 Å². The molecule has 1 saturated heterocycles. The second-order valence-corrected chi connectivity index (χ2v) is 9.31. The first-order valence-electron chi connectivity index (χ1n) is 11.8. The van der Waals surface area contributed by atoms with Crippen molar-refractivity contribution in [3.05, 3.63) is 106 Å². The molecule has 1 N–H and O–H groups in total. The zero-order chi connectivity index (χ0) is 25.1. The number of nitrogens with zero attached hydrogens (tertiary/aromatic N) is 4. The molecule has 8 heteroatoms. The number of benzene rings is 2. The number of carbonyl (C=O) groups is 2. The Morgan fingerprint density at radius 2 is 1.83 bits per heavy atom. The third-order valence-electron chi connectivity index (χ3n) is 6.67. The number of piperidine rings is 1. The quantitative estimate of drug-likeness (QED) is 0.428. The van der Waals surface area contributed by atoms with Crippen molar-refractivity contribution in [2.45, 2.75) is 25.3 Å². The number of halogens is 1. The number of likely N-dealkylation sites (tertiary alicyclic amines) is 1. The van der Waals surface area contributed by atoms with E-state index in [1.807, 2.05) is 64.2 Å². The van der Waals surface area contributed by atoms with Gasteiger partial charge < -0.3 is 14.6 Å². The van der Waals surface area contributed by atoms with Crippen molar-refractivity contribution < 1.29 is 9.59 Å². The summed E-state index contributed by atoms with van der Waals surface area (Å²) in [6.45, 7) is 1.69. The zero-order valence-corrected chi connectivity index (χ0v) is 20.3. The van der Waals surface area contributed by atoms with Crippen molar-refractivity contribution in [2.24, 2.45) is 0 Å². The smallest absolute Gasteiger partial charge is 0.255 e. The van der Waals surface area contributed by atoms with Gasteiger partial charge in [-0.05, 0) is 72.4 Å². The van der Waals surface area contributed by atoms with Gasteiger partial charge in [0.05, 0.1) is 22.2 Å². The number of nitrogens with one attached hydrogen (secondary N) is 1. The summed E-state index contributed by atoms with van der Waals surface area (Å²) in [5.41, 5.74) is 4.47. The molecular weight excluding hydrogens is 474 g/mol. The summed E-state index contributed by atoms with van der Waals surface area (Å²) >= 11 is 6.23. The van der Waals surface area contributed by atoms with Crippen LogP contribution in [0, 0.1) is 11.3 Å². The van der Waals surface area contributed by atoms with E-state index in [9.17, 15) is 9.59 Å². The molecule has 2 amide bonds. The standard InChI is InChI=1S/C28H24ClN5O2/c29-25-15-19(17-30)1-6-24(25)28(36)34-12-8-22(9-13-34)21-2-4-23(5-3-21)27(35)32-18-20-7-11-33-14-10-31-26(33)16-20/h1-7,10-11,14-16,22H,8-9,12-13,18H2,(H,32,35). The van der Waals surface area contributed by atoms with E-state index in [4.69, 9.17) is 16.9 Å². The molecule has 0 bridgehead atoms. The summed E-state index contributed by atoms with van der Waals surface area (Å²) in [5.74, 6) is 0.0928. The molecule has 0 atom stereocenters. The first-order valence-corrected chi connectivity index (χ1v) is 12.2. The largest absolute Gasteiger partial charge is 0.348 e. The second-order valence-electron chi connectivity index (χ2n) is 8.91. The third kappa shape index (κ3) is 4.95. The van der Waals surface area contributed by atoms with Crippen LogP contribution in [-0.2, 0) is 6.54 Å². The maximum Gasteiger partial charge on any atom is 0.255 e. The lowest BCUT2D eigenvalue weighted by Gasteiger charge is -2.32. The lowest BCUT2D eigenvalue weighted by Crippen LogP contribution is -2.38. The highest BCUT2D eigenvalue weighted by molar-refractivity contribution is 6.34. The molecule has 5 rings (SSSR count). The number of pyridine rings is 1. The average molecular weight is 498 g/mol. The number of hydrogen-bond donors (Lipinski definition) is 1. The van der Waals surface area contributed by atoms with Crippen molar-refractivity contribution in [3.63, 3.8) is 0 Å². The Morgan fingerprint density at radius 3 is 2.56 bits per heavy atom. The summed E-state index contributed by atoms with van der Waals surface area (Å²) < 4.78 is 1.92. The van der Waals surface area contributed by atoms with Crippen LogP contribution in [0.3, 0.4) is 0 Å². The lowest BCUT2D eigenvalue weighted by molar-refractivity contribution is 0.0713. The predicted molar refractivity (Wildman–Crippen MR) is 137 cm³/mol. The van der Waals surface area contributed by atoms with Gasteiger partial charge in [0.1, 0.15) is 5.65 Å². The number of carbonyl (C=O) groups excluding carboxylic acids is 2. The molecule has 0 aliphatic carbocycles. The number of aromatic nitrogens is 2. The van der Waals surface area contributed by atoms with Crippen molar-refractivity contribution in [2.75, 3.05) is 13.1 Å². The summed E-state index contributed by atoms with van der Waals surface area (Å²) in [6, 6.07) is 18.4. The van der Waals surface area contributed by atoms with Crippen LogP contribution in [0.1, 0.15) is 56.2 Å². The van der Waals surface area contributed by atoms with E-state index in [2.05, 4.69) is 10.3 Å². The van der Waals surface area contributed by atoms with Crippen LogP contribution in [0.2, 0.25) is 5.02 Å². The lowest BCUT2D eigenvalue weighted by atomic mass is 9.88. The number of fused-ring (bicyclic) bond motifs is 1. The van der Waals surface area contributed by atoms with Gasteiger partial charge in [-0.15, -0.1) is 0 Å². The number of nitriles is 1. The summed E-state index contributed by atoms with van der Waals surface area (Å²) in [4.78, 5) is 31.6. The van der Waals surface area contributed by atoms with Gasteiger partial charge in [0, 0.05) is 43.8 Å². The predicted octanol–water partition coefficient (Wildman–Crippen LogP) is 4.81. The van der Waals surface area contributed by atoms with Crippen LogP contribution < -0.4 is 5.32 Å². The van der Waals surface area contributed by atoms with E-state index >= 15 is 0 Å². The molecule has 3 heterocycles. The molecule has 180 valence electrons. The minimum atomic E-state index is -0.121. The van der Waals surface area contributed by atoms with Crippen molar-refractivity contribution in [1.82, 2.24) is 19.6 Å². The monoisotopic (exact) mass is 497 g/mol. The fraction of sp³-hybridized carbons (Fsp3) is 0.214. The Balaban J connectivity index is 1.15. The highest BCUT2D eigenvalue weighted by Gasteiger charge is 2.26. The maximum absolute atomic E-state index is 12.9. The van der Waals surface area contributed by atoms with Gasteiger partial charge in [-0.25, -0.2) is 4.98 Å². The van der Waals surface area contributed by atoms with Crippen LogP contribution in [0.15, 0.2) is 73.2 Å². The van der Waals surface area contributed by atoms with Crippen LogP contribution in [0.5, 0.6) is 0 Å². The first-order chi connectivity index (χ1) is 17.5. The van der Waals surface area contributed by atoms with Crippen LogP contribution in [-0.4, -0.2) is 39.2 Å². The highest BCUT2D eigenvalue weighted by atomic mass is 35.5. The summed E-state index contributed by atoms with van der Waals surface area (Å²) in [6.07, 6.45) is 7.22. The van der Waals surface area contributed by atoms with Crippen LogP contribution in [0.4, 0.5) is 0 Å². The minimum Gasteiger partial charge on any atom is -0.348 e. The van der Waals surface area contributed by atoms with Gasteiger partial charge in [0.25, 0.3) is 11.8 Å². The molecule has 1 fully saturated rings. The number of rotatable bonds is 5. The number of amides is 2. The first kappa shape index (κ1) is 23.6. The maximum atomic E-state index is 12.9. The molecule has 0 spiro atoms. The average Bonchev–Trinajstić information content (AvgIpc) is 3.39. The number of imidazole rings is 1. The SMILES string of the molecule is N#Cc1ccc(C(=O)N2CCC(c3ccc(C(=O)NCc4ccn5ccnc5c4)cc3)CC2)c(Cl)c1. The molecule has 1 aliphatic heterocycles. The molecule has 1 aliphatic rings. The molecule has 36 heavy (non-hydrogen) atoms. The van der Waals surface area contributed by atoms with Gasteiger partial charge in [0.2, 0.25) is 0 Å². The Kier molecular flexibility index (Phi) is 6.70. The zero-order valence-electron chi connectivity index (χ0n) is 19.5. The molecule has 7 nitrogen and oxygen atoms in total. The van der Waals surface area contributed by atoms with Crippen molar-refractivity contribution in [1.29, 1.82) is 5.26 Å². The summed E-state index contributed by atoms with van der Waals surface area (Å²) in [7, 11) is 0. The fourth-order valence-corrected chi connectivity index (χ4v) is 4.86. The number of hydrogen-bond acceptors (Lipinski definition) is 4. The molecule has 0 radical (unpaired) electrons. The Labute approximate surface area is 213 Å². The summed E-state index contributed by atoms with van der Waals surface area (Å²) in [5, 5.41) is 12.3. The second kappa shape index (κ2) is 10.2. The minimum absolute atomic E-state index is 0.109. The van der Waals surface area contributed by atoms with E-state index in [-0.39, 0.29) is 11.8 Å². The highest BCUT2D eigenvalue weighted by Crippen LogP contribution is 2.30. The van der Waals surface area contributed by atoms with E-state index in [1.165, 1.54) is 11.6 Å². The van der Waals surface area contributed by atoms with Crippen molar-refractivity contribution in [3.8, 4) is 6.07 Å². The molecule has 4 aromatic rings. The molecule has 0 saturated carbocycles. The van der Waals surface area contributed by atoms with Crippen molar-refractivity contribution >= 4 is 29.1 Å². The molecule has 2 aromatic heterocycles. The Morgan fingerprint density at radius 1 is 1.06 bits per heavy atom. The Bertz CT molecular complexity index is 1460.